The second-order valence-corrected chi connectivity index (χ2v) is 4.01. The van der Waals surface area contributed by atoms with Crippen LogP contribution in [0.15, 0.2) is 24.3 Å². The third kappa shape index (κ3) is 2.88. The second kappa shape index (κ2) is 5.33. The number of nitrogens with zero attached hydrogens (tertiary/aromatic N) is 3. The van der Waals surface area contributed by atoms with Gasteiger partial charge in [0.05, 0.1) is 4.92 Å². The zero-order chi connectivity index (χ0) is 14.0. The largest absolute Gasteiger partial charge is 0.444 e. The highest BCUT2D eigenvalue weighted by molar-refractivity contribution is 6.32. The van der Waals surface area contributed by atoms with Gasteiger partial charge in [-0.05, 0) is 6.07 Å². The van der Waals surface area contributed by atoms with Gasteiger partial charge in [-0.2, -0.15) is 0 Å². The molecule has 0 radical (unpaired) electrons. The molecule has 2 rings (SSSR count). The molecule has 0 aliphatic rings. The molecule has 0 saturated heterocycles. The maximum absolute atomic E-state index is 13.6. The van der Waals surface area contributed by atoms with Gasteiger partial charge in [-0.25, -0.2) is 4.39 Å². The Morgan fingerprint density at radius 1 is 1.32 bits per heavy atom. The van der Waals surface area contributed by atoms with Crippen molar-refractivity contribution in [3.63, 3.8) is 0 Å². The summed E-state index contributed by atoms with van der Waals surface area (Å²) in [5.41, 5.74) is -0.538. The topological polar surface area (TPSA) is 78.2 Å². The SMILES string of the molecule is O=[N+]([O-])c1cccc(F)c1Oc1cc(Cl)nnc1Cl. The zero-order valence-electron chi connectivity index (χ0n) is 9.01. The molecule has 2 aromatic rings. The molecule has 0 N–H and O–H groups in total. The lowest BCUT2D eigenvalue weighted by molar-refractivity contribution is -0.385. The first-order chi connectivity index (χ1) is 8.99. The second-order valence-electron chi connectivity index (χ2n) is 3.27. The van der Waals surface area contributed by atoms with Crippen molar-refractivity contribution in [2.45, 2.75) is 0 Å². The first-order valence-electron chi connectivity index (χ1n) is 4.78. The van der Waals surface area contributed by atoms with Gasteiger partial charge >= 0.3 is 5.69 Å². The van der Waals surface area contributed by atoms with E-state index in [0.717, 1.165) is 12.1 Å². The lowest BCUT2D eigenvalue weighted by Gasteiger charge is -2.07. The number of nitro groups is 1. The van der Waals surface area contributed by atoms with Crippen LogP contribution in [0, 0.1) is 15.9 Å². The van der Waals surface area contributed by atoms with E-state index in [1.807, 2.05) is 0 Å². The van der Waals surface area contributed by atoms with Gasteiger partial charge in [0.25, 0.3) is 0 Å². The third-order valence-corrected chi connectivity index (χ3v) is 2.49. The number of nitro benzene ring substituents is 1. The van der Waals surface area contributed by atoms with E-state index in [1.54, 1.807) is 0 Å². The minimum Gasteiger partial charge on any atom is -0.444 e. The molecule has 9 heteroatoms. The Morgan fingerprint density at radius 2 is 2.05 bits per heavy atom. The van der Waals surface area contributed by atoms with E-state index in [9.17, 15) is 14.5 Å². The Kier molecular flexibility index (Phi) is 3.77. The highest BCUT2D eigenvalue weighted by Gasteiger charge is 2.21. The molecule has 0 fully saturated rings. The molecule has 19 heavy (non-hydrogen) atoms. The normalized spacial score (nSPS) is 10.3. The van der Waals surface area contributed by atoms with Crippen LogP contribution in [0.4, 0.5) is 10.1 Å². The standard InChI is InChI=1S/C10H4Cl2FN3O3/c11-8-4-7(10(12)15-14-8)19-9-5(13)2-1-3-6(9)16(17)18/h1-4H. The average molecular weight is 304 g/mol. The fourth-order valence-electron chi connectivity index (χ4n) is 1.26. The van der Waals surface area contributed by atoms with E-state index in [2.05, 4.69) is 10.2 Å². The van der Waals surface area contributed by atoms with Crippen molar-refractivity contribution in [2.24, 2.45) is 0 Å². The molecular formula is C10H4Cl2FN3O3. The molecule has 1 heterocycles. The van der Waals surface area contributed by atoms with E-state index >= 15 is 0 Å². The molecular weight excluding hydrogens is 300 g/mol. The maximum Gasteiger partial charge on any atom is 0.314 e. The van der Waals surface area contributed by atoms with Gasteiger partial charge in [0.2, 0.25) is 5.75 Å². The highest BCUT2D eigenvalue weighted by atomic mass is 35.5. The fraction of sp³-hybridized carbons (Fsp3) is 0. The summed E-state index contributed by atoms with van der Waals surface area (Å²) in [6, 6.07) is 4.49. The summed E-state index contributed by atoms with van der Waals surface area (Å²) in [7, 11) is 0. The van der Waals surface area contributed by atoms with Crippen LogP contribution in [0.3, 0.4) is 0 Å². The summed E-state index contributed by atoms with van der Waals surface area (Å²) in [6.07, 6.45) is 0. The first-order valence-corrected chi connectivity index (χ1v) is 5.54. The van der Waals surface area contributed by atoms with Crippen molar-refractivity contribution in [3.05, 3.63) is 50.5 Å². The van der Waals surface area contributed by atoms with E-state index < -0.39 is 22.2 Å². The maximum atomic E-state index is 13.6. The Balaban J connectivity index is 2.49. The van der Waals surface area contributed by atoms with Crippen LogP contribution in [0.1, 0.15) is 0 Å². The van der Waals surface area contributed by atoms with Gasteiger partial charge in [0, 0.05) is 12.1 Å². The van der Waals surface area contributed by atoms with Crippen LogP contribution >= 0.6 is 23.2 Å². The van der Waals surface area contributed by atoms with Crippen LogP contribution in [-0.4, -0.2) is 15.1 Å². The number of aromatic nitrogens is 2. The monoisotopic (exact) mass is 303 g/mol. The van der Waals surface area contributed by atoms with Crippen LogP contribution in [0.2, 0.25) is 10.3 Å². The van der Waals surface area contributed by atoms with Gasteiger partial charge in [-0.1, -0.05) is 29.3 Å². The number of halogens is 3. The summed E-state index contributed by atoms with van der Waals surface area (Å²) in [5.74, 6) is -1.61. The van der Waals surface area contributed by atoms with Crippen molar-refractivity contribution in [3.8, 4) is 11.5 Å². The molecule has 0 bridgehead atoms. The summed E-state index contributed by atoms with van der Waals surface area (Å²) >= 11 is 11.3. The molecule has 98 valence electrons. The summed E-state index contributed by atoms with van der Waals surface area (Å²) in [4.78, 5) is 10.0. The number of hydrogen-bond acceptors (Lipinski definition) is 5. The van der Waals surface area contributed by atoms with Crippen molar-refractivity contribution >= 4 is 28.9 Å². The minimum atomic E-state index is -0.904. The fourth-order valence-corrected chi connectivity index (χ4v) is 1.53. The molecule has 1 aromatic heterocycles. The van der Waals surface area contributed by atoms with Crippen LogP contribution in [0.25, 0.3) is 0 Å². The number of hydrogen-bond donors (Lipinski definition) is 0. The van der Waals surface area contributed by atoms with Crippen molar-refractivity contribution in [2.75, 3.05) is 0 Å². The van der Waals surface area contributed by atoms with E-state index in [1.165, 1.54) is 12.1 Å². The van der Waals surface area contributed by atoms with E-state index in [4.69, 9.17) is 27.9 Å². The molecule has 0 unspecified atom stereocenters. The summed E-state index contributed by atoms with van der Waals surface area (Å²) in [6.45, 7) is 0. The van der Waals surface area contributed by atoms with Crippen LogP contribution in [0.5, 0.6) is 11.5 Å². The van der Waals surface area contributed by atoms with Crippen LogP contribution < -0.4 is 4.74 Å². The molecule has 0 spiro atoms. The van der Waals surface area contributed by atoms with Crippen molar-refractivity contribution in [1.29, 1.82) is 0 Å². The van der Waals surface area contributed by atoms with Gasteiger partial charge in [-0.15, -0.1) is 10.2 Å². The predicted molar refractivity (Wildman–Crippen MR) is 65.2 cm³/mol. The van der Waals surface area contributed by atoms with Crippen molar-refractivity contribution in [1.82, 2.24) is 10.2 Å². The Labute approximate surface area is 115 Å². The Hall–Kier alpha value is -1.99. The minimum absolute atomic E-state index is 0.0432. The lowest BCUT2D eigenvalue weighted by Crippen LogP contribution is -1.97. The molecule has 0 aliphatic carbocycles. The summed E-state index contributed by atoms with van der Waals surface area (Å²) < 4.78 is 18.7. The Morgan fingerprint density at radius 3 is 2.74 bits per heavy atom. The quantitative estimate of drug-likeness (QED) is 0.639. The lowest BCUT2D eigenvalue weighted by atomic mass is 10.3. The third-order valence-electron chi connectivity index (χ3n) is 2.04. The Bertz CT molecular complexity index is 654. The number of ether oxygens (including phenoxy) is 1. The number of rotatable bonds is 3. The molecule has 0 atom stereocenters. The number of benzene rings is 1. The highest BCUT2D eigenvalue weighted by Crippen LogP contribution is 2.36. The van der Waals surface area contributed by atoms with Crippen molar-refractivity contribution < 1.29 is 14.1 Å². The molecule has 0 saturated carbocycles. The van der Waals surface area contributed by atoms with Gasteiger partial charge < -0.3 is 4.74 Å². The molecule has 0 aliphatic heterocycles. The molecule has 1 aromatic carbocycles. The van der Waals surface area contributed by atoms with Crippen LogP contribution in [-0.2, 0) is 0 Å². The molecule has 0 amide bonds. The summed E-state index contributed by atoms with van der Waals surface area (Å²) in [5, 5.41) is 17.4. The van der Waals surface area contributed by atoms with Gasteiger partial charge in [0.15, 0.2) is 21.9 Å². The smallest absolute Gasteiger partial charge is 0.314 e. The predicted octanol–water partition coefficient (Wildman–Crippen LogP) is 3.62. The zero-order valence-corrected chi connectivity index (χ0v) is 10.5. The van der Waals surface area contributed by atoms with E-state index in [-0.39, 0.29) is 16.1 Å². The first kappa shape index (κ1) is 13.4. The number of para-hydroxylation sites is 1. The van der Waals surface area contributed by atoms with Gasteiger partial charge in [-0.3, -0.25) is 10.1 Å². The average Bonchev–Trinajstić information content (AvgIpc) is 2.35. The van der Waals surface area contributed by atoms with E-state index in [0.29, 0.717) is 0 Å². The van der Waals surface area contributed by atoms with Gasteiger partial charge in [0.1, 0.15) is 0 Å². The molecule has 6 nitrogen and oxygen atoms in total.